The number of hydrogen-bond acceptors (Lipinski definition) is 1. The van der Waals surface area contributed by atoms with E-state index in [2.05, 4.69) is 23.2 Å². The van der Waals surface area contributed by atoms with Gasteiger partial charge in [-0.25, -0.2) is 4.39 Å². The molecule has 0 heterocycles. The SMILES string of the molecule is C=CCCC1CCC(C#Cc2cccc3c(F)c(OC(F)F)ccc23)CC1. The van der Waals surface area contributed by atoms with Crippen LogP contribution < -0.4 is 4.74 Å². The van der Waals surface area contributed by atoms with Gasteiger partial charge in [-0.1, -0.05) is 30.0 Å². The zero-order valence-corrected chi connectivity index (χ0v) is 15.2. The molecule has 27 heavy (non-hydrogen) atoms. The standard InChI is InChI=1S/C23H23F3O/c1-2-3-5-16-8-10-17(11-9-16)12-13-18-6-4-7-20-19(18)14-15-21(22(20)24)27-23(25)26/h2,4,6-7,14-17,23H,1,3,5,8-11H2. The van der Waals surface area contributed by atoms with Crippen molar-refractivity contribution in [3.05, 3.63) is 54.4 Å². The number of fused-ring (bicyclic) bond motifs is 1. The van der Waals surface area contributed by atoms with Crippen molar-refractivity contribution in [1.82, 2.24) is 0 Å². The van der Waals surface area contributed by atoms with Gasteiger partial charge in [0.15, 0.2) is 11.6 Å². The van der Waals surface area contributed by atoms with Crippen LogP contribution in [0.4, 0.5) is 13.2 Å². The summed E-state index contributed by atoms with van der Waals surface area (Å²) in [5, 5.41) is 0.858. The lowest BCUT2D eigenvalue weighted by Gasteiger charge is -2.25. The monoisotopic (exact) mass is 372 g/mol. The average Bonchev–Trinajstić information content (AvgIpc) is 2.67. The first kappa shape index (κ1) is 19.4. The van der Waals surface area contributed by atoms with Crippen LogP contribution >= 0.6 is 0 Å². The minimum atomic E-state index is -3.05. The van der Waals surface area contributed by atoms with E-state index in [0.717, 1.165) is 25.2 Å². The molecule has 3 rings (SSSR count). The highest BCUT2D eigenvalue weighted by Crippen LogP contribution is 2.32. The maximum absolute atomic E-state index is 14.4. The Hall–Kier alpha value is -2.41. The van der Waals surface area contributed by atoms with Crippen LogP contribution in [0.2, 0.25) is 0 Å². The Morgan fingerprint density at radius 3 is 2.59 bits per heavy atom. The van der Waals surface area contributed by atoms with Gasteiger partial charge in [0, 0.05) is 22.3 Å². The van der Waals surface area contributed by atoms with Crippen LogP contribution in [0.15, 0.2) is 43.0 Å². The second-order valence-corrected chi connectivity index (χ2v) is 7.01. The lowest BCUT2D eigenvalue weighted by atomic mass is 9.80. The van der Waals surface area contributed by atoms with E-state index in [1.54, 1.807) is 18.2 Å². The van der Waals surface area contributed by atoms with Gasteiger partial charge in [0.05, 0.1) is 0 Å². The minimum Gasteiger partial charge on any atom is -0.432 e. The van der Waals surface area contributed by atoms with Crippen molar-refractivity contribution >= 4 is 10.8 Å². The van der Waals surface area contributed by atoms with Crippen molar-refractivity contribution in [3.8, 4) is 17.6 Å². The summed E-state index contributed by atoms with van der Waals surface area (Å²) >= 11 is 0. The van der Waals surface area contributed by atoms with E-state index in [0.29, 0.717) is 16.9 Å². The van der Waals surface area contributed by atoms with E-state index in [-0.39, 0.29) is 5.39 Å². The third-order valence-electron chi connectivity index (χ3n) is 5.21. The lowest BCUT2D eigenvalue weighted by molar-refractivity contribution is -0.0520. The number of ether oxygens (including phenoxy) is 1. The van der Waals surface area contributed by atoms with Crippen molar-refractivity contribution in [1.29, 1.82) is 0 Å². The molecule has 0 N–H and O–H groups in total. The van der Waals surface area contributed by atoms with Crippen LogP contribution in [0.25, 0.3) is 10.8 Å². The normalized spacial score (nSPS) is 19.6. The summed E-state index contributed by atoms with van der Waals surface area (Å²) in [6.07, 6.45) is 8.79. The van der Waals surface area contributed by atoms with Crippen LogP contribution in [0.5, 0.6) is 5.75 Å². The average molecular weight is 372 g/mol. The third-order valence-corrected chi connectivity index (χ3v) is 5.21. The van der Waals surface area contributed by atoms with Crippen molar-refractivity contribution in [2.45, 2.75) is 45.1 Å². The Morgan fingerprint density at radius 2 is 1.89 bits per heavy atom. The van der Waals surface area contributed by atoms with Crippen LogP contribution in [-0.2, 0) is 0 Å². The molecule has 0 bridgehead atoms. The van der Waals surface area contributed by atoms with Crippen molar-refractivity contribution in [2.24, 2.45) is 11.8 Å². The van der Waals surface area contributed by atoms with E-state index in [9.17, 15) is 13.2 Å². The molecule has 0 aromatic heterocycles. The number of allylic oxidation sites excluding steroid dienone is 1. The summed E-state index contributed by atoms with van der Waals surface area (Å²) in [7, 11) is 0. The molecule has 1 aliphatic carbocycles. The molecule has 0 saturated heterocycles. The number of benzene rings is 2. The van der Waals surface area contributed by atoms with Gasteiger partial charge in [-0.2, -0.15) is 8.78 Å². The topological polar surface area (TPSA) is 9.23 Å². The van der Waals surface area contributed by atoms with Gasteiger partial charge in [0.1, 0.15) is 0 Å². The van der Waals surface area contributed by atoms with Crippen LogP contribution in [0.1, 0.15) is 44.1 Å². The van der Waals surface area contributed by atoms with E-state index < -0.39 is 18.2 Å². The largest absolute Gasteiger partial charge is 0.432 e. The van der Waals surface area contributed by atoms with Crippen molar-refractivity contribution in [3.63, 3.8) is 0 Å². The number of hydrogen-bond donors (Lipinski definition) is 0. The molecule has 1 nitrogen and oxygen atoms in total. The fourth-order valence-corrected chi connectivity index (χ4v) is 3.73. The number of rotatable bonds is 5. The zero-order chi connectivity index (χ0) is 19.2. The second kappa shape index (κ2) is 8.99. The molecule has 1 fully saturated rings. The summed E-state index contributed by atoms with van der Waals surface area (Å²) in [6.45, 7) is 0.725. The maximum atomic E-state index is 14.4. The molecule has 2 aromatic carbocycles. The van der Waals surface area contributed by atoms with E-state index in [4.69, 9.17) is 0 Å². The summed E-state index contributed by atoms with van der Waals surface area (Å²) < 4.78 is 43.4. The molecule has 0 radical (unpaired) electrons. The van der Waals surface area contributed by atoms with Gasteiger partial charge in [0.25, 0.3) is 0 Å². The van der Waals surface area contributed by atoms with E-state index in [1.165, 1.54) is 25.3 Å². The molecule has 1 saturated carbocycles. The Bertz CT molecular complexity index is 855. The molecule has 142 valence electrons. The van der Waals surface area contributed by atoms with Crippen molar-refractivity contribution < 1.29 is 17.9 Å². The van der Waals surface area contributed by atoms with Gasteiger partial charge >= 0.3 is 6.61 Å². The van der Waals surface area contributed by atoms with Crippen LogP contribution in [0, 0.1) is 29.5 Å². The predicted octanol–water partition coefficient (Wildman–Crippen LogP) is 6.70. The summed E-state index contributed by atoms with van der Waals surface area (Å²) in [4.78, 5) is 0. The first-order chi connectivity index (χ1) is 13.1. The van der Waals surface area contributed by atoms with Gasteiger partial charge in [0.2, 0.25) is 0 Å². The molecule has 0 unspecified atom stereocenters. The predicted molar refractivity (Wildman–Crippen MR) is 102 cm³/mol. The zero-order valence-electron chi connectivity index (χ0n) is 15.2. The highest BCUT2D eigenvalue weighted by atomic mass is 19.3. The van der Waals surface area contributed by atoms with Gasteiger partial charge in [-0.15, -0.1) is 6.58 Å². The fraction of sp³-hybridized carbons (Fsp3) is 0.391. The lowest BCUT2D eigenvalue weighted by Crippen LogP contribution is -2.13. The van der Waals surface area contributed by atoms with Gasteiger partial charge < -0.3 is 4.74 Å². The Balaban J connectivity index is 1.76. The molecule has 4 heteroatoms. The summed E-state index contributed by atoms with van der Waals surface area (Å²) in [6, 6.07) is 7.90. The third kappa shape index (κ3) is 4.86. The maximum Gasteiger partial charge on any atom is 0.387 e. The Morgan fingerprint density at radius 1 is 1.11 bits per heavy atom. The smallest absolute Gasteiger partial charge is 0.387 e. The molecule has 0 atom stereocenters. The summed E-state index contributed by atoms with van der Waals surface area (Å²) in [5.74, 6) is 6.41. The van der Waals surface area contributed by atoms with E-state index in [1.807, 2.05) is 12.1 Å². The van der Waals surface area contributed by atoms with Crippen molar-refractivity contribution in [2.75, 3.05) is 0 Å². The fourth-order valence-electron chi connectivity index (χ4n) is 3.73. The molecular weight excluding hydrogens is 349 g/mol. The highest BCUT2D eigenvalue weighted by molar-refractivity contribution is 5.89. The van der Waals surface area contributed by atoms with Gasteiger partial charge in [-0.05, 0) is 62.6 Å². The summed E-state index contributed by atoms with van der Waals surface area (Å²) in [5.41, 5.74) is 0.712. The molecule has 0 amide bonds. The van der Waals surface area contributed by atoms with Gasteiger partial charge in [-0.3, -0.25) is 0 Å². The molecule has 0 aliphatic heterocycles. The number of halogens is 3. The molecule has 1 aliphatic rings. The molecular formula is C23H23F3O. The minimum absolute atomic E-state index is 0.244. The quantitative estimate of drug-likeness (QED) is 0.419. The highest BCUT2D eigenvalue weighted by Gasteiger charge is 2.19. The first-order valence-corrected chi connectivity index (χ1v) is 9.37. The van der Waals surface area contributed by atoms with Crippen LogP contribution in [0.3, 0.4) is 0 Å². The first-order valence-electron chi connectivity index (χ1n) is 9.37. The Kier molecular flexibility index (Phi) is 6.45. The van der Waals surface area contributed by atoms with E-state index >= 15 is 0 Å². The Labute approximate surface area is 158 Å². The molecule has 0 spiro atoms. The van der Waals surface area contributed by atoms with Crippen LogP contribution in [-0.4, -0.2) is 6.61 Å². The second-order valence-electron chi connectivity index (χ2n) is 7.01. The molecule has 2 aromatic rings. The number of alkyl halides is 2.